The van der Waals surface area contributed by atoms with E-state index in [9.17, 15) is 24.0 Å². The SMILES string of the molecule is CC(=O)OC[C@@H]1O[C@@H](Oc2ccc(C(=O)N3CCOCC3)cc2)[C@@H](OC(C)=O)[C@@H](OC(C)=O)[C@@H]1OC(C)=O. The first kappa shape index (κ1) is 28.9. The van der Waals surface area contributed by atoms with E-state index in [-0.39, 0.29) is 18.3 Å². The third-order valence-electron chi connectivity index (χ3n) is 5.60. The van der Waals surface area contributed by atoms with Crippen molar-refractivity contribution in [3.8, 4) is 5.75 Å². The predicted molar refractivity (Wildman–Crippen MR) is 126 cm³/mol. The highest BCUT2D eigenvalue weighted by Crippen LogP contribution is 2.31. The van der Waals surface area contributed by atoms with Gasteiger partial charge in [0.25, 0.3) is 5.91 Å². The van der Waals surface area contributed by atoms with Gasteiger partial charge in [-0.1, -0.05) is 0 Å². The van der Waals surface area contributed by atoms with E-state index in [2.05, 4.69) is 0 Å². The normalized spacial score (nSPS) is 25.1. The van der Waals surface area contributed by atoms with Gasteiger partial charge in [-0.15, -0.1) is 0 Å². The Kier molecular flexibility index (Phi) is 10.0. The minimum Gasteiger partial charge on any atom is -0.463 e. The van der Waals surface area contributed by atoms with Crippen LogP contribution in [0.5, 0.6) is 5.75 Å². The summed E-state index contributed by atoms with van der Waals surface area (Å²) in [5.74, 6) is -2.76. The second-order valence-electron chi connectivity index (χ2n) is 8.61. The number of carbonyl (C=O) groups is 5. The largest absolute Gasteiger partial charge is 0.463 e. The first-order valence-electron chi connectivity index (χ1n) is 12.0. The Labute approximate surface area is 219 Å². The number of hydrogen-bond donors (Lipinski definition) is 0. The van der Waals surface area contributed by atoms with Crippen molar-refractivity contribution in [2.24, 2.45) is 0 Å². The van der Waals surface area contributed by atoms with E-state index in [0.717, 1.165) is 20.8 Å². The van der Waals surface area contributed by atoms with Crippen LogP contribution in [0.25, 0.3) is 0 Å². The molecule has 0 aromatic heterocycles. The molecule has 5 atom stereocenters. The van der Waals surface area contributed by atoms with Gasteiger partial charge in [0.1, 0.15) is 18.5 Å². The van der Waals surface area contributed by atoms with E-state index >= 15 is 0 Å². The van der Waals surface area contributed by atoms with Crippen LogP contribution in [-0.2, 0) is 47.6 Å². The molecule has 0 saturated carbocycles. The number of ether oxygens (including phenoxy) is 7. The van der Waals surface area contributed by atoms with E-state index in [1.54, 1.807) is 17.0 Å². The Morgan fingerprint density at radius 3 is 1.89 bits per heavy atom. The van der Waals surface area contributed by atoms with Gasteiger partial charge in [0.05, 0.1) is 13.2 Å². The average molecular weight is 538 g/mol. The zero-order valence-corrected chi connectivity index (χ0v) is 21.6. The summed E-state index contributed by atoms with van der Waals surface area (Å²) in [5, 5.41) is 0. The summed E-state index contributed by atoms with van der Waals surface area (Å²) < 4.78 is 38.3. The quantitative estimate of drug-likeness (QED) is 0.337. The van der Waals surface area contributed by atoms with Gasteiger partial charge in [0.2, 0.25) is 12.4 Å². The van der Waals surface area contributed by atoms with E-state index in [1.165, 1.54) is 19.1 Å². The lowest BCUT2D eigenvalue weighted by Crippen LogP contribution is -2.63. The molecule has 0 radical (unpaired) electrons. The van der Waals surface area contributed by atoms with Crippen LogP contribution in [0, 0.1) is 0 Å². The van der Waals surface area contributed by atoms with Crippen molar-refractivity contribution in [3.63, 3.8) is 0 Å². The summed E-state index contributed by atoms with van der Waals surface area (Å²) in [6.45, 7) is 6.13. The minimum absolute atomic E-state index is 0.160. The zero-order chi connectivity index (χ0) is 27.8. The Morgan fingerprint density at radius 2 is 1.34 bits per heavy atom. The Hall–Kier alpha value is -3.71. The fourth-order valence-electron chi connectivity index (χ4n) is 4.04. The number of esters is 4. The summed E-state index contributed by atoms with van der Waals surface area (Å²) in [5.41, 5.74) is 0.431. The van der Waals surface area contributed by atoms with Crippen molar-refractivity contribution in [3.05, 3.63) is 29.8 Å². The van der Waals surface area contributed by atoms with Crippen molar-refractivity contribution in [2.45, 2.75) is 58.4 Å². The molecule has 2 aliphatic heterocycles. The minimum atomic E-state index is -1.36. The van der Waals surface area contributed by atoms with Crippen molar-refractivity contribution < 1.29 is 57.1 Å². The van der Waals surface area contributed by atoms with Crippen LogP contribution in [0.2, 0.25) is 0 Å². The van der Waals surface area contributed by atoms with Gasteiger partial charge in [-0.2, -0.15) is 0 Å². The lowest BCUT2D eigenvalue weighted by atomic mass is 9.98. The smallest absolute Gasteiger partial charge is 0.303 e. The van der Waals surface area contributed by atoms with E-state index in [0.29, 0.717) is 31.9 Å². The van der Waals surface area contributed by atoms with Gasteiger partial charge in [-0.25, -0.2) is 0 Å². The summed E-state index contributed by atoms with van der Waals surface area (Å²) in [7, 11) is 0. The van der Waals surface area contributed by atoms with Crippen LogP contribution < -0.4 is 4.74 Å². The van der Waals surface area contributed by atoms with Gasteiger partial charge < -0.3 is 38.1 Å². The molecule has 208 valence electrons. The molecule has 0 bridgehead atoms. The van der Waals surface area contributed by atoms with Crippen LogP contribution in [0.15, 0.2) is 24.3 Å². The number of nitrogens with zero attached hydrogens (tertiary/aromatic N) is 1. The lowest BCUT2D eigenvalue weighted by Gasteiger charge is -2.43. The molecule has 13 nitrogen and oxygen atoms in total. The van der Waals surface area contributed by atoms with E-state index in [1.807, 2.05) is 0 Å². The predicted octanol–water partition coefficient (Wildman–Crippen LogP) is 0.621. The third kappa shape index (κ3) is 7.89. The van der Waals surface area contributed by atoms with Gasteiger partial charge in [0, 0.05) is 46.3 Å². The first-order valence-corrected chi connectivity index (χ1v) is 12.0. The number of benzene rings is 1. The number of carbonyl (C=O) groups excluding carboxylic acids is 5. The third-order valence-corrected chi connectivity index (χ3v) is 5.60. The maximum atomic E-state index is 12.7. The molecule has 0 N–H and O–H groups in total. The first-order chi connectivity index (χ1) is 18.0. The van der Waals surface area contributed by atoms with E-state index < -0.39 is 54.6 Å². The Balaban J connectivity index is 1.87. The molecule has 2 aliphatic rings. The van der Waals surface area contributed by atoms with Crippen molar-refractivity contribution >= 4 is 29.8 Å². The summed E-state index contributed by atoms with van der Waals surface area (Å²) in [4.78, 5) is 61.6. The number of morpholine rings is 1. The molecule has 1 aromatic rings. The van der Waals surface area contributed by atoms with Gasteiger partial charge in [-0.05, 0) is 24.3 Å². The summed E-state index contributed by atoms with van der Waals surface area (Å²) in [6, 6.07) is 6.20. The molecule has 3 rings (SSSR count). The maximum absolute atomic E-state index is 12.7. The molecule has 13 heteroatoms. The van der Waals surface area contributed by atoms with Crippen LogP contribution in [0.4, 0.5) is 0 Å². The highest BCUT2D eigenvalue weighted by molar-refractivity contribution is 5.94. The Morgan fingerprint density at radius 1 is 0.789 bits per heavy atom. The molecule has 38 heavy (non-hydrogen) atoms. The van der Waals surface area contributed by atoms with Crippen LogP contribution >= 0.6 is 0 Å². The van der Waals surface area contributed by atoms with Gasteiger partial charge >= 0.3 is 23.9 Å². The molecule has 1 aromatic carbocycles. The van der Waals surface area contributed by atoms with Gasteiger partial charge in [0.15, 0.2) is 12.2 Å². The average Bonchev–Trinajstić information content (AvgIpc) is 2.86. The van der Waals surface area contributed by atoms with E-state index in [4.69, 9.17) is 33.2 Å². The number of amides is 1. The molecule has 2 saturated heterocycles. The molecule has 1 amide bonds. The Bertz CT molecular complexity index is 1020. The van der Waals surface area contributed by atoms with Crippen LogP contribution in [0.3, 0.4) is 0 Å². The zero-order valence-electron chi connectivity index (χ0n) is 21.6. The van der Waals surface area contributed by atoms with Crippen molar-refractivity contribution in [2.75, 3.05) is 32.9 Å². The second kappa shape index (κ2) is 13.2. The topological polar surface area (TPSA) is 153 Å². The standard InChI is InChI=1S/C25H31NO12/c1-14(27)33-13-20-21(34-15(2)28)22(35-16(3)29)23(36-17(4)30)25(38-20)37-19-7-5-18(6-8-19)24(31)26-9-11-32-12-10-26/h5-8,20-23,25H,9-13H2,1-4H3/t20-,21+,22-,23-,25+/m0/s1. The number of hydrogen-bond acceptors (Lipinski definition) is 12. The molecule has 0 spiro atoms. The van der Waals surface area contributed by atoms with Crippen molar-refractivity contribution in [1.82, 2.24) is 4.90 Å². The monoisotopic (exact) mass is 537 g/mol. The molecular weight excluding hydrogens is 506 g/mol. The summed E-state index contributed by atoms with van der Waals surface area (Å²) in [6.07, 6.45) is -6.48. The van der Waals surface area contributed by atoms with Gasteiger partial charge in [-0.3, -0.25) is 24.0 Å². The van der Waals surface area contributed by atoms with Crippen LogP contribution in [0.1, 0.15) is 38.1 Å². The lowest BCUT2D eigenvalue weighted by molar-refractivity contribution is -0.288. The molecule has 2 heterocycles. The highest BCUT2D eigenvalue weighted by Gasteiger charge is 2.53. The second-order valence-corrected chi connectivity index (χ2v) is 8.61. The molecule has 2 fully saturated rings. The fraction of sp³-hybridized carbons (Fsp3) is 0.560. The highest BCUT2D eigenvalue weighted by atomic mass is 16.7. The molecule has 0 aliphatic carbocycles. The maximum Gasteiger partial charge on any atom is 0.303 e. The molecular formula is C25H31NO12. The summed E-state index contributed by atoms with van der Waals surface area (Å²) >= 11 is 0. The van der Waals surface area contributed by atoms with Crippen LogP contribution in [-0.4, -0.2) is 98.3 Å². The van der Waals surface area contributed by atoms with Crippen molar-refractivity contribution in [1.29, 1.82) is 0 Å². The number of rotatable bonds is 8. The fourth-order valence-corrected chi connectivity index (χ4v) is 4.04. The molecule has 0 unspecified atom stereocenters.